The summed E-state index contributed by atoms with van der Waals surface area (Å²) in [7, 11) is 1.44. The maximum atomic E-state index is 13.2. The van der Waals surface area contributed by atoms with Crippen molar-refractivity contribution in [1.29, 1.82) is 0 Å². The molecule has 6 heteroatoms. The molecule has 1 aromatic rings. The summed E-state index contributed by atoms with van der Waals surface area (Å²) in [6.07, 6.45) is 3.27. The number of hydrogen-bond acceptors (Lipinski definition) is 3. The van der Waals surface area contributed by atoms with Crippen molar-refractivity contribution in [2.24, 2.45) is 10.9 Å². The molecule has 1 fully saturated rings. The minimum Gasteiger partial charge on any atom is -0.469 e. The number of guanidine groups is 1. The SMILES string of the molecule is CCNC(=NCCCc1cccc(F)c1)N1CCC(C(=O)OC)CC1. The quantitative estimate of drug-likeness (QED) is 0.371. The average Bonchev–Trinajstić information content (AvgIpc) is 2.64. The molecule has 0 atom stereocenters. The molecule has 0 bridgehead atoms. The Balaban J connectivity index is 1.83. The molecule has 1 aromatic carbocycles. The lowest BCUT2D eigenvalue weighted by Crippen LogP contribution is -2.46. The second-order valence-electron chi connectivity index (χ2n) is 6.25. The van der Waals surface area contributed by atoms with Gasteiger partial charge < -0.3 is 15.0 Å². The summed E-state index contributed by atoms with van der Waals surface area (Å²) in [5.41, 5.74) is 0.999. The first-order valence-electron chi connectivity index (χ1n) is 8.99. The Morgan fingerprint density at radius 1 is 1.40 bits per heavy atom. The van der Waals surface area contributed by atoms with Crippen molar-refractivity contribution < 1.29 is 13.9 Å². The zero-order valence-electron chi connectivity index (χ0n) is 15.1. The highest BCUT2D eigenvalue weighted by atomic mass is 19.1. The summed E-state index contributed by atoms with van der Waals surface area (Å²) in [5.74, 6) is 0.585. The highest BCUT2D eigenvalue weighted by Gasteiger charge is 2.26. The Morgan fingerprint density at radius 2 is 2.16 bits per heavy atom. The van der Waals surface area contributed by atoms with E-state index < -0.39 is 0 Å². The van der Waals surface area contributed by atoms with Gasteiger partial charge in [0.25, 0.3) is 0 Å². The minimum absolute atomic E-state index is 0.00268. The molecule has 0 saturated carbocycles. The second kappa shape index (κ2) is 10.0. The molecule has 138 valence electrons. The zero-order chi connectivity index (χ0) is 18.1. The molecule has 0 aliphatic carbocycles. The van der Waals surface area contributed by atoms with Gasteiger partial charge in [-0.05, 0) is 50.3 Å². The topological polar surface area (TPSA) is 53.9 Å². The van der Waals surface area contributed by atoms with Gasteiger partial charge in [-0.2, -0.15) is 0 Å². The van der Waals surface area contributed by atoms with E-state index in [9.17, 15) is 9.18 Å². The maximum absolute atomic E-state index is 13.2. The van der Waals surface area contributed by atoms with Crippen molar-refractivity contribution in [2.45, 2.75) is 32.6 Å². The van der Waals surface area contributed by atoms with E-state index in [1.54, 1.807) is 12.1 Å². The molecule has 0 unspecified atom stereocenters. The Hall–Kier alpha value is -2.11. The van der Waals surface area contributed by atoms with E-state index in [0.717, 1.165) is 56.8 Å². The van der Waals surface area contributed by atoms with Gasteiger partial charge in [0.05, 0.1) is 13.0 Å². The second-order valence-corrected chi connectivity index (χ2v) is 6.25. The van der Waals surface area contributed by atoms with Crippen LogP contribution >= 0.6 is 0 Å². The number of esters is 1. The number of nitrogens with zero attached hydrogens (tertiary/aromatic N) is 2. The lowest BCUT2D eigenvalue weighted by molar-refractivity contribution is -0.146. The van der Waals surface area contributed by atoms with Crippen LogP contribution in [0.25, 0.3) is 0 Å². The Bertz CT molecular complexity index is 584. The molecule has 0 spiro atoms. The number of aliphatic imine (C=N–C) groups is 1. The lowest BCUT2D eigenvalue weighted by Gasteiger charge is -2.33. The molecule has 0 aromatic heterocycles. The van der Waals surface area contributed by atoms with Gasteiger partial charge in [0.2, 0.25) is 0 Å². The lowest BCUT2D eigenvalue weighted by atomic mass is 9.97. The zero-order valence-corrected chi connectivity index (χ0v) is 15.1. The van der Waals surface area contributed by atoms with Crippen molar-refractivity contribution in [3.63, 3.8) is 0 Å². The van der Waals surface area contributed by atoms with E-state index in [1.165, 1.54) is 13.2 Å². The number of nitrogens with one attached hydrogen (secondary N) is 1. The molecule has 0 radical (unpaired) electrons. The molecule has 1 saturated heterocycles. The number of methoxy groups -OCH3 is 1. The number of halogens is 1. The van der Waals surface area contributed by atoms with Crippen LogP contribution in [-0.4, -0.2) is 50.1 Å². The molecular formula is C19H28FN3O2. The number of aryl methyl sites for hydroxylation is 1. The van der Waals surface area contributed by atoms with Crippen LogP contribution in [0.3, 0.4) is 0 Å². The summed E-state index contributed by atoms with van der Waals surface area (Å²) in [6, 6.07) is 6.72. The number of carbonyl (C=O) groups is 1. The normalized spacial score (nSPS) is 16.0. The molecular weight excluding hydrogens is 321 g/mol. The molecule has 1 aliphatic rings. The van der Waals surface area contributed by atoms with Gasteiger partial charge in [0, 0.05) is 26.2 Å². The van der Waals surface area contributed by atoms with Crippen molar-refractivity contribution in [3.8, 4) is 0 Å². The van der Waals surface area contributed by atoms with Gasteiger partial charge in [-0.15, -0.1) is 0 Å². The monoisotopic (exact) mass is 349 g/mol. The third-order valence-electron chi connectivity index (χ3n) is 4.44. The number of likely N-dealkylation sites (tertiary alicyclic amines) is 1. The van der Waals surface area contributed by atoms with Gasteiger partial charge >= 0.3 is 5.97 Å². The van der Waals surface area contributed by atoms with E-state index in [4.69, 9.17) is 4.74 Å². The smallest absolute Gasteiger partial charge is 0.308 e. The van der Waals surface area contributed by atoms with Crippen molar-refractivity contribution in [1.82, 2.24) is 10.2 Å². The van der Waals surface area contributed by atoms with Crippen molar-refractivity contribution in [2.75, 3.05) is 33.3 Å². The van der Waals surface area contributed by atoms with Crippen LogP contribution in [0.15, 0.2) is 29.3 Å². The molecule has 1 aliphatic heterocycles. The number of ether oxygens (including phenoxy) is 1. The first-order valence-corrected chi connectivity index (χ1v) is 8.99. The van der Waals surface area contributed by atoms with Crippen LogP contribution in [0.4, 0.5) is 4.39 Å². The summed E-state index contributed by atoms with van der Waals surface area (Å²) in [6.45, 7) is 5.14. The molecule has 1 heterocycles. The van der Waals surface area contributed by atoms with E-state index in [2.05, 4.69) is 15.2 Å². The standard InChI is InChI=1S/C19H28FN3O2/c1-3-21-19(23-12-9-16(10-13-23)18(24)25-2)22-11-5-7-15-6-4-8-17(20)14-15/h4,6,8,14,16H,3,5,7,9-13H2,1-2H3,(H,21,22). The number of piperidine rings is 1. The Kier molecular flexibility index (Phi) is 7.70. The summed E-state index contributed by atoms with van der Waals surface area (Å²) < 4.78 is 18.0. The highest BCUT2D eigenvalue weighted by Crippen LogP contribution is 2.18. The van der Waals surface area contributed by atoms with Gasteiger partial charge in [0.1, 0.15) is 5.82 Å². The van der Waals surface area contributed by atoms with Gasteiger partial charge in [-0.3, -0.25) is 9.79 Å². The van der Waals surface area contributed by atoms with Crippen LogP contribution < -0.4 is 5.32 Å². The van der Waals surface area contributed by atoms with Crippen LogP contribution in [0.5, 0.6) is 0 Å². The summed E-state index contributed by atoms with van der Waals surface area (Å²) >= 11 is 0. The van der Waals surface area contributed by atoms with Crippen LogP contribution in [-0.2, 0) is 16.0 Å². The molecule has 25 heavy (non-hydrogen) atoms. The fraction of sp³-hybridized carbons (Fsp3) is 0.579. The van der Waals surface area contributed by atoms with Crippen LogP contribution in [0.2, 0.25) is 0 Å². The van der Waals surface area contributed by atoms with Crippen LogP contribution in [0.1, 0.15) is 31.7 Å². The number of hydrogen-bond donors (Lipinski definition) is 1. The predicted octanol–water partition coefficient (Wildman–Crippen LogP) is 2.61. The van der Waals surface area contributed by atoms with E-state index >= 15 is 0 Å². The van der Waals surface area contributed by atoms with E-state index in [1.807, 2.05) is 13.0 Å². The molecule has 5 nitrogen and oxygen atoms in total. The van der Waals surface area contributed by atoms with Gasteiger partial charge in [-0.25, -0.2) is 4.39 Å². The van der Waals surface area contributed by atoms with E-state index in [-0.39, 0.29) is 17.7 Å². The fourth-order valence-electron chi connectivity index (χ4n) is 3.08. The number of benzene rings is 1. The third kappa shape index (κ3) is 6.03. The molecule has 1 N–H and O–H groups in total. The van der Waals surface area contributed by atoms with Crippen molar-refractivity contribution >= 4 is 11.9 Å². The molecule has 0 amide bonds. The minimum atomic E-state index is -0.192. The van der Waals surface area contributed by atoms with Gasteiger partial charge in [-0.1, -0.05) is 12.1 Å². The average molecular weight is 349 g/mol. The highest BCUT2D eigenvalue weighted by molar-refractivity contribution is 5.80. The number of rotatable bonds is 6. The predicted molar refractivity (Wildman–Crippen MR) is 97.0 cm³/mol. The maximum Gasteiger partial charge on any atom is 0.308 e. The first-order chi connectivity index (χ1) is 12.1. The Labute approximate surface area is 149 Å². The number of carbonyl (C=O) groups excluding carboxylic acids is 1. The van der Waals surface area contributed by atoms with Crippen LogP contribution in [0, 0.1) is 11.7 Å². The third-order valence-corrected chi connectivity index (χ3v) is 4.44. The summed E-state index contributed by atoms with van der Waals surface area (Å²) in [5, 5.41) is 3.32. The van der Waals surface area contributed by atoms with Crippen molar-refractivity contribution in [3.05, 3.63) is 35.6 Å². The summed E-state index contributed by atoms with van der Waals surface area (Å²) in [4.78, 5) is 18.5. The first kappa shape index (κ1) is 19.2. The Morgan fingerprint density at radius 3 is 2.80 bits per heavy atom. The van der Waals surface area contributed by atoms with E-state index in [0.29, 0.717) is 6.54 Å². The fourth-order valence-corrected chi connectivity index (χ4v) is 3.08. The largest absolute Gasteiger partial charge is 0.469 e. The molecule has 2 rings (SSSR count). The van der Waals surface area contributed by atoms with Gasteiger partial charge in [0.15, 0.2) is 5.96 Å².